The predicted octanol–water partition coefficient (Wildman–Crippen LogP) is 1.41. The van der Waals surface area contributed by atoms with E-state index in [-0.39, 0.29) is 17.9 Å². The van der Waals surface area contributed by atoms with Crippen LogP contribution in [-0.2, 0) is 4.74 Å². The third-order valence-electron chi connectivity index (χ3n) is 1.87. The first-order chi connectivity index (χ1) is 6.29. The van der Waals surface area contributed by atoms with Gasteiger partial charge in [0.05, 0.1) is 11.3 Å². The van der Waals surface area contributed by atoms with Gasteiger partial charge in [0.15, 0.2) is 0 Å². The SMILES string of the molecule is O=C1OCCNc2c(F)cccc21. The van der Waals surface area contributed by atoms with Gasteiger partial charge in [-0.1, -0.05) is 6.07 Å². The first-order valence-corrected chi connectivity index (χ1v) is 3.98. The zero-order chi connectivity index (χ0) is 9.26. The highest BCUT2D eigenvalue weighted by molar-refractivity contribution is 5.96. The molecule has 1 aromatic rings. The van der Waals surface area contributed by atoms with E-state index in [1.54, 1.807) is 6.07 Å². The Morgan fingerprint density at radius 1 is 1.46 bits per heavy atom. The number of nitrogens with one attached hydrogen (secondary N) is 1. The molecule has 1 aliphatic rings. The van der Waals surface area contributed by atoms with E-state index in [9.17, 15) is 9.18 Å². The summed E-state index contributed by atoms with van der Waals surface area (Å²) in [5.74, 6) is -0.893. The first-order valence-electron chi connectivity index (χ1n) is 3.98. The first kappa shape index (κ1) is 8.04. The van der Waals surface area contributed by atoms with Gasteiger partial charge >= 0.3 is 5.97 Å². The molecule has 0 radical (unpaired) electrons. The molecule has 1 aliphatic heterocycles. The van der Waals surface area contributed by atoms with Crippen molar-refractivity contribution in [3.8, 4) is 0 Å². The topological polar surface area (TPSA) is 38.3 Å². The highest BCUT2D eigenvalue weighted by atomic mass is 19.1. The van der Waals surface area contributed by atoms with E-state index in [4.69, 9.17) is 4.74 Å². The molecular weight excluding hydrogens is 173 g/mol. The highest BCUT2D eigenvalue weighted by Gasteiger charge is 2.18. The van der Waals surface area contributed by atoms with Crippen molar-refractivity contribution in [3.05, 3.63) is 29.6 Å². The van der Waals surface area contributed by atoms with Gasteiger partial charge in [0.2, 0.25) is 0 Å². The number of hydrogen-bond acceptors (Lipinski definition) is 3. The molecule has 68 valence electrons. The van der Waals surface area contributed by atoms with Crippen LogP contribution in [-0.4, -0.2) is 19.1 Å². The van der Waals surface area contributed by atoms with Crippen molar-refractivity contribution >= 4 is 11.7 Å². The number of cyclic esters (lactones) is 1. The van der Waals surface area contributed by atoms with Crippen molar-refractivity contribution in [2.75, 3.05) is 18.5 Å². The molecule has 0 fully saturated rings. The Morgan fingerprint density at radius 2 is 2.31 bits per heavy atom. The number of esters is 1. The van der Waals surface area contributed by atoms with E-state index < -0.39 is 11.8 Å². The molecule has 2 rings (SSSR count). The van der Waals surface area contributed by atoms with Crippen LogP contribution in [0.4, 0.5) is 10.1 Å². The maximum atomic E-state index is 13.2. The largest absolute Gasteiger partial charge is 0.460 e. The van der Waals surface area contributed by atoms with Gasteiger partial charge in [-0.2, -0.15) is 0 Å². The van der Waals surface area contributed by atoms with Crippen LogP contribution < -0.4 is 5.32 Å². The molecule has 0 spiro atoms. The van der Waals surface area contributed by atoms with Crippen LogP contribution in [0.3, 0.4) is 0 Å². The Bertz CT molecular complexity index is 351. The van der Waals surface area contributed by atoms with Gasteiger partial charge in [-0.05, 0) is 12.1 Å². The maximum absolute atomic E-state index is 13.2. The van der Waals surface area contributed by atoms with Gasteiger partial charge in [0.25, 0.3) is 0 Å². The molecular formula is C9H8FNO2. The van der Waals surface area contributed by atoms with Crippen molar-refractivity contribution in [3.63, 3.8) is 0 Å². The minimum Gasteiger partial charge on any atom is -0.460 e. The lowest BCUT2D eigenvalue weighted by atomic mass is 10.2. The van der Waals surface area contributed by atoms with Crippen molar-refractivity contribution in [1.29, 1.82) is 0 Å². The number of ether oxygens (including phenoxy) is 1. The Balaban J connectivity index is 2.54. The standard InChI is InChI=1S/C9H8FNO2/c10-7-3-1-2-6-8(7)11-4-5-13-9(6)12/h1-3,11H,4-5H2. The van der Waals surface area contributed by atoms with Gasteiger partial charge in [-0.3, -0.25) is 0 Å². The van der Waals surface area contributed by atoms with E-state index in [2.05, 4.69) is 5.32 Å². The number of hydrogen-bond donors (Lipinski definition) is 1. The molecule has 0 unspecified atom stereocenters. The fourth-order valence-electron chi connectivity index (χ4n) is 1.27. The number of anilines is 1. The summed E-state index contributed by atoms with van der Waals surface area (Å²) in [5, 5.41) is 2.80. The van der Waals surface area contributed by atoms with Crippen LogP contribution in [0.25, 0.3) is 0 Å². The monoisotopic (exact) mass is 181 g/mol. The normalized spacial score (nSPS) is 15.3. The van der Waals surface area contributed by atoms with Gasteiger partial charge in [0, 0.05) is 6.54 Å². The molecule has 4 heteroatoms. The second kappa shape index (κ2) is 3.05. The second-order valence-electron chi connectivity index (χ2n) is 2.73. The van der Waals surface area contributed by atoms with E-state index in [0.717, 1.165) is 0 Å². The zero-order valence-corrected chi connectivity index (χ0v) is 6.84. The Kier molecular flexibility index (Phi) is 1.88. The lowest BCUT2D eigenvalue weighted by Gasteiger charge is -2.04. The summed E-state index contributed by atoms with van der Waals surface area (Å²) in [7, 11) is 0. The average Bonchev–Trinajstić information content (AvgIpc) is 2.30. The predicted molar refractivity (Wildman–Crippen MR) is 45.2 cm³/mol. The van der Waals surface area contributed by atoms with Crippen LogP contribution in [0.5, 0.6) is 0 Å². The number of benzene rings is 1. The number of carbonyl (C=O) groups excluding carboxylic acids is 1. The molecule has 0 atom stereocenters. The molecule has 3 nitrogen and oxygen atoms in total. The quantitative estimate of drug-likeness (QED) is 0.615. The summed E-state index contributed by atoms with van der Waals surface area (Å²) in [5.41, 5.74) is 0.502. The van der Waals surface area contributed by atoms with Crippen LogP contribution in [0, 0.1) is 5.82 Å². The molecule has 13 heavy (non-hydrogen) atoms. The van der Waals surface area contributed by atoms with E-state index in [1.807, 2.05) is 0 Å². The molecule has 0 aliphatic carbocycles. The molecule has 0 bridgehead atoms. The summed E-state index contributed by atoms with van der Waals surface area (Å²) in [6, 6.07) is 4.34. The Hall–Kier alpha value is -1.58. The molecule has 0 saturated heterocycles. The third-order valence-corrected chi connectivity index (χ3v) is 1.87. The smallest absolute Gasteiger partial charge is 0.340 e. The van der Waals surface area contributed by atoms with Crippen LogP contribution in [0.15, 0.2) is 18.2 Å². The van der Waals surface area contributed by atoms with Gasteiger partial charge in [-0.15, -0.1) is 0 Å². The van der Waals surface area contributed by atoms with Crippen molar-refractivity contribution in [2.24, 2.45) is 0 Å². The van der Waals surface area contributed by atoms with Gasteiger partial charge in [0.1, 0.15) is 12.4 Å². The fourth-order valence-corrected chi connectivity index (χ4v) is 1.27. The van der Waals surface area contributed by atoms with Crippen molar-refractivity contribution < 1.29 is 13.9 Å². The molecule has 1 heterocycles. The molecule has 0 amide bonds. The summed E-state index contributed by atoms with van der Waals surface area (Å²) in [6.45, 7) is 0.715. The second-order valence-corrected chi connectivity index (χ2v) is 2.73. The van der Waals surface area contributed by atoms with E-state index in [1.165, 1.54) is 12.1 Å². The van der Waals surface area contributed by atoms with Gasteiger partial charge < -0.3 is 10.1 Å². The summed E-state index contributed by atoms with van der Waals surface area (Å²) in [6.07, 6.45) is 0. The Labute approximate surface area is 74.5 Å². The fraction of sp³-hybridized carbons (Fsp3) is 0.222. The van der Waals surface area contributed by atoms with Crippen molar-refractivity contribution in [1.82, 2.24) is 0 Å². The van der Waals surface area contributed by atoms with E-state index in [0.29, 0.717) is 6.54 Å². The van der Waals surface area contributed by atoms with Gasteiger partial charge in [-0.25, -0.2) is 9.18 Å². The van der Waals surface area contributed by atoms with Crippen LogP contribution >= 0.6 is 0 Å². The number of rotatable bonds is 0. The van der Waals surface area contributed by atoms with Crippen LogP contribution in [0.1, 0.15) is 10.4 Å². The summed E-state index contributed by atoms with van der Waals surface area (Å²) >= 11 is 0. The lowest BCUT2D eigenvalue weighted by molar-refractivity contribution is 0.0529. The zero-order valence-electron chi connectivity index (χ0n) is 6.84. The third kappa shape index (κ3) is 1.35. The van der Waals surface area contributed by atoms with Crippen LogP contribution in [0.2, 0.25) is 0 Å². The molecule has 1 N–H and O–H groups in total. The number of para-hydroxylation sites is 1. The summed E-state index contributed by atoms with van der Waals surface area (Å²) in [4.78, 5) is 11.2. The highest BCUT2D eigenvalue weighted by Crippen LogP contribution is 2.21. The average molecular weight is 181 g/mol. The lowest BCUT2D eigenvalue weighted by Crippen LogP contribution is -2.06. The molecule has 0 aromatic heterocycles. The molecule has 1 aromatic carbocycles. The minimum atomic E-state index is -0.473. The number of fused-ring (bicyclic) bond motifs is 1. The number of carbonyl (C=O) groups is 1. The number of halogens is 1. The maximum Gasteiger partial charge on any atom is 0.340 e. The Morgan fingerprint density at radius 3 is 3.15 bits per heavy atom. The molecule has 0 saturated carbocycles. The summed E-state index contributed by atoms with van der Waals surface area (Å²) < 4.78 is 18.0. The minimum absolute atomic E-state index is 0.241. The van der Waals surface area contributed by atoms with E-state index >= 15 is 0 Å². The van der Waals surface area contributed by atoms with Crippen molar-refractivity contribution in [2.45, 2.75) is 0 Å².